The highest BCUT2D eigenvalue weighted by molar-refractivity contribution is 5.69. The molecule has 1 aliphatic rings. The highest BCUT2D eigenvalue weighted by Crippen LogP contribution is 2.39. The van der Waals surface area contributed by atoms with E-state index in [-0.39, 0.29) is 11.8 Å². The Morgan fingerprint density at radius 3 is 2.71 bits per heavy atom. The SMILES string of the molecule is CC1Nc2ccc(-c3ccc(C#N)n3C)cc2C(C)(C)O1. The Balaban J connectivity index is 2.11. The van der Waals surface area contributed by atoms with E-state index in [1.165, 1.54) is 0 Å². The fourth-order valence-electron chi connectivity index (χ4n) is 2.99. The van der Waals surface area contributed by atoms with Crippen molar-refractivity contribution in [3.63, 3.8) is 0 Å². The molecule has 0 amide bonds. The van der Waals surface area contributed by atoms with Crippen molar-refractivity contribution in [2.75, 3.05) is 5.32 Å². The Hall–Kier alpha value is -2.25. The van der Waals surface area contributed by atoms with E-state index < -0.39 is 0 Å². The van der Waals surface area contributed by atoms with Crippen LogP contribution in [-0.4, -0.2) is 10.8 Å². The zero-order valence-electron chi connectivity index (χ0n) is 12.8. The summed E-state index contributed by atoms with van der Waals surface area (Å²) in [6.07, 6.45) is -0.00132. The molecule has 1 aromatic heterocycles. The number of nitrogens with one attached hydrogen (secondary N) is 1. The van der Waals surface area contributed by atoms with Crippen molar-refractivity contribution < 1.29 is 4.74 Å². The molecule has 0 saturated heterocycles. The molecule has 1 N–H and O–H groups in total. The molecule has 0 bridgehead atoms. The van der Waals surface area contributed by atoms with E-state index >= 15 is 0 Å². The Bertz CT molecular complexity index is 737. The molecular weight excluding hydrogens is 262 g/mol. The normalized spacial score (nSPS) is 19.5. The number of hydrogen-bond acceptors (Lipinski definition) is 3. The van der Waals surface area contributed by atoms with Crippen LogP contribution in [0.3, 0.4) is 0 Å². The molecule has 4 heteroatoms. The summed E-state index contributed by atoms with van der Waals surface area (Å²) in [5, 5.41) is 12.4. The second-order valence-electron chi connectivity index (χ2n) is 5.95. The summed E-state index contributed by atoms with van der Waals surface area (Å²) in [6.45, 7) is 6.17. The van der Waals surface area contributed by atoms with Gasteiger partial charge in [0, 0.05) is 24.0 Å². The predicted molar refractivity (Wildman–Crippen MR) is 82.8 cm³/mol. The first-order valence-electron chi connectivity index (χ1n) is 7.07. The number of nitrogens with zero attached hydrogens (tertiary/aromatic N) is 2. The summed E-state index contributed by atoms with van der Waals surface area (Å²) in [5.41, 5.74) is 4.69. The van der Waals surface area contributed by atoms with Gasteiger partial charge in [-0.05, 0) is 50.6 Å². The van der Waals surface area contributed by atoms with Gasteiger partial charge in [0.1, 0.15) is 18.0 Å². The second-order valence-corrected chi connectivity index (χ2v) is 5.95. The number of anilines is 1. The molecule has 1 aromatic carbocycles. The third kappa shape index (κ3) is 2.20. The van der Waals surface area contributed by atoms with Crippen molar-refractivity contribution >= 4 is 5.69 Å². The Morgan fingerprint density at radius 2 is 2.05 bits per heavy atom. The van der Waals surface area contributed by atoms with E-state index in [4.69, 9.17) is 10.00 Å². The lowest BCUT2D eigenvalue weighted by Crippen LogP contribution is -2.37. The molecule has 1 aliphatic heterocycles. The van der Waals surface area contributed by atoms with Crippen LogP contribution in [0.15, 0.2) is 30.3 Å². The zero-order chi connectivity index (χ0) is 15.2. The molecular formula is C17H19N3O. The van der Waals surface area contributed by atoms with Gasteiger partial charge in [0.2, 0.25) is 0 Å². The number of ether oxygens (including phenoxy) is 1. The molecule has 1 unspecified atom stereocenters. The van der Waals surface area contributed by atoms with Crippen LogP contribution in [0.25, 0.3) is 11.3 Å². The molecule has 0 saturated carbocycles. The van der Waals surface area contributed by atoms with Gasteiger partial charge in [-0.3, -0.25) is 0 Å². The Labute approximate surface area is 125 Å². The minimum Gasteiger partial charge on any atom is -0.360 e. The van der Waals surface area contributed by atoms with Crippen LogP contribution in [0.5, 0.6) is 0 Å². The van der Waals surface area contributed by atoms with E-state index in [0.717, 1.165) is 22.5 Å². The molecule has 0 radical (unpaired) electrons. The van der Waals surface area contributed by atoms with E-state index in [1.807, 2.05) is 30.7 Å². The summed E-state index contributed by atoms with van der Waals surface area (Å²) in [5.74, 6) is 0. The minimum absolute atomic E-state index is 0.00132. The molecule has 1 atom stereocenters. The van der Waals surface area contributed by atoms with Gasteiger partial charge >= 0.3 is 0 Å². The van der Waals surface area contributed by atoms with Crippen molar-refractivity contribution in [1.82, 2.24) is 4.57 Å². The summed E-state index contributed by atoms with van der Waals surface area (Å²) in [7, 11) is 1.91. The molecule has 3 rings (SSSR count). The maximum Gasteiger partial charge on any atom is 0.126 e. The third-order valence-corrected chi connectivity index (χ3v) is 4.03. The molecule has 2 aromatic rings. The topological polar surface area (TPSA) is 50.0 Å². The number of benzene rings is 1. The van der Waals surface area contributed by atoms with Crippen LogP contribution in [0, 0.1) is 11.3 Å². The van der Waals surface area contributed by atoms with E-state index in [9.17, 15) is 0 Å². The van der Waals surface area contributed by atoms with Gasteiger partial charge in [-0.15, -0.1) is 0 Å². The number of hydrogen-bond donors (Lipinski definition) is 1. The summed E-state index contributed by atoms with van der Waals surface area (Å²) in [6, 6.07) is 12.3. The average Bonchev–Trinajstić information content (AvgIpc) is 2.78. The van der Waals surface area contributed by atoms with E-state index in [0.29, 0.717) is 5.69 Å². The van der Waals surface area contributed by atoms with Gasteiger partial charge in [0.25, 0.3) is 0 Å². The summed E-state index contributed by atoms with van der Waals surface area (Å²) < 4.78 is 7.89. The van der Waals surface area contributed by atoms with Gasteiger partial charge < -0.3 is 14.6 Å². The summed E-state index contributed by atoms with van der Waals surface area (Å²) in [4.78, 5) is 0. The first kappa shape index (κ1) is 13.7. The van der Waals surface area contributed by atoms with Crippen LogP contribution < -0.4 is 5.32 Å². The third-order valence-electron chi connectivity index (χ3n) is 4.03. The van der Waals surface area contributed by atoms with Crippen molar-refractivity contribution in [2.24, 2.45) is 7.05 Å². The highest BCUT2D eigenvalue weighted by atomic mass is 16.5. The lowest BCUT2D eigenvalue weighted by Gasteiger charge is -2.38. The Morgan fingerprint density at radius 1 is 1.29 bits per heavy atom. The predicted octanol–water partition coefficient (Wildman–Crippen LogP) is 3.59. The first-order chi connectivity index (χ1) is 9.92. The van der Waals surface area contributed by atoms with Crippen LogP contribution >= 0.6 is 0 Å². The molecule has 2 heterocycles. The van der Waals surface area contributed by atoms with Crippen molar-refractivity contribution in [3.05, 3.63) is 41.6 Å². The summed E-state index contributed by atoms with van der Waals surface area (Å²) >= 11 is 0. The average molecular weight is 281 g/mol. The lowest BCUT2D eigenvalue weighted by molar-refractivity contribution is -0.0632. The molecule has 0 spiro atoms. The quantitative estimate of drug-likeness (QED) is 0.869. The number of rotatable bonds is 1. The zero-order valence-corrected chi connectivity index (χ0v) is 12.8. The fraction of sp³-hybridized carbons (Fsp3) is 0.353. The maximum atomic E-state index is 9.08. The highest BCUT2D eigenvalue weighted by Gasteiger charge is 2.32. The van der Waals surface area contributed by atoms with Gasteiger partial charge in [-0.25, -0.2) is 0 Å². The monoisotopic (exact) mass is 281 g/mol. The number of aromatic nitrogens is 1. The Kier molecular flexibility index (Phi) is 3.03. The standard InChI is InChI=1S/C17H19N3O/c1-11-19-15-7-5-12(9-14(15)17(2,3)21-11)16-8-6-13(10-18)20(16)4/h5-9,11,19H,1-4H3. The van der Waals surface area contributed by atoms with Gasteiger partial charge in [0.05, 0.1) is 5.60 Å². The van der Waals surface area contributed by atoms with E-state index in [1.54, 1.807) is 0 Å². The van der Waals surface area contributed by atoms with Crippen LogP contribution in [-0.2, 0) is 17.4 Å². The van der Waals surface area contributed by atoms with Gasteiger partial charge in [-0.2, -0.15) is 5.26 Å². The molecule has 108 valence electrons. The number of fused-ring (bicyclic) bond motifs is 1. The largest absolute Gasteiger partial charge is 0.360 e. The van der Waals surface area contributed by atoms with Gasteiger partial charge in [0.15, 0.2) is 0 Å². The van der Waals surface area contributed by atoms with Crippen LogP contribution in [0.1, 0.15) is 32.0 Å². The maximum absolute atomic E-state index is 9.08. The number of nitriles is 1. The lowest BCUT2D eigenvalue weighted by atomic mass is 9.92. The van der Waals surface area contributed by atoms with Gasteiger partial charge in [-0.1, -0.05) is 6.07 Å². The molecule has 21 heavy (non-hydrogen) atoms. The second kappa shape index (κ2) is 4.64. The smallest absolute Gasteiger partial charge is 0.126 e. The van der Waals surface area contributed by atoms with E-state index in [2.05, 4.69) is 43.4 Å². The first-order valence-corrected chi connectivity index (χ1v) is 7.07. The molecule has 4 nitrogen and oxygen atoms in total. The van der Waals surface area contributed by atoms with Crippen LogP contribution in [0.4, 0.5) is 5.69 Å². The fourth-order valence-corrected chi connectivity index (χ4v) is 2.99. The molecule has 0 fully saturated rings. The van der Waals surface area contributed by atoms with Crippen molar-refractivity contribution in [3.8, 4) is 17.3 Å². The van der Waals surface area contributed by atoms with Crippen molar-refractivity contribution in [2.45, 2.75) is 32.6 Å². The van der Waals surface area contributed by atoms with Crippen LogP contribution in [0.2, 0.25) is 0 Å². The molecule has 0 aliphatic carbocycles. The minimum atomic E-state index is -0.334. The van der Waals surface area contributed by atoms with Crippen molar-refractivity contribution in [1.29, 1.82) is 5.26 Å².